The lowest BCUT2D eigenvalue weighted by atomic mass is 9.97. The number of piperidine rings is 1. The van der Waals surface area contributed by atoms with Gasteiger partial charge in [-0.1, -0.05) is 13.8 Å². The lowest BCUT2D eigenvalue weighted by Gasteiger charge is -2.31. The van der Waals surface area contributed by atoms with E-state index in [1.165, 1.54) is 4.31 Å². The van der Waals surface area contributed by atoms with Gasteiger partial charge in [-0.25, -0.2) is 8.42 Å². The smallest absolute Gasteiger partial charge is 0.243 e. The molecule has 2 aliphatic rings. The van der Waals surface area contributed by atoms with Crippen LogP contribution in [0, 0.1) is 5.92 Å². The van der Waals surface area contributed by atoms with Gasteiger partial charge < -0.3 is 14.8 Å². The number of ether oxygens (including phenoxy) is 2. The first-order chi connectivity index (χ1) is 14.9. The van der Waals surface area contributed by atoms with Crippen molar-refractivity contribution in [1.29, 1.82) is 0 Å². The van der Waals surface area contributed by atoms with E-state index >= 15 is 0 Å². The largest absolute Gasteiger partial charge is 0.490 e. The summed E-state index contributed by atoms with van der Waals surface area (Å²) in [5.74, 6) is 0.909. The fraction of sp³-hybridized carbons (Fsp3) is 0.682. The lowest BCUT2D eigenvalue weighted by Crippen LogP contribution is -2.46. The van der Waals surface area contributed by atoms with Gasteiger partial charge in [0.25, 0.3) is 0 Å². The predicted octanol–water partition coefficient (Wildman–Crippen LogP) is 2.10. The molecule has 1 N–H and O–H groups in total. The van der Waals surface area contributed by atoms with Crippen molar-refractivity contribution in [2.45, 2.75) is 51.0 Å². The maximum absolute atomic E-state index is 13.1. The van der Waals surface area contributed by atoms with Crippen LogP contribution >= 0.6 is 0 Å². The van der Waals surface area contributed by atoms with E-state index < -0.39 is 10.0 Å². The van der Waals surface area contributed by atoms with E-state index in [4.69, 9.17) is 9.47 Å². The van der Waals surface area contributed by atoms with Crippen LogP contribution in [0.4, 0.5) is 0 Å². The molecule has 0 spiro atoms. The highest BCUT2D eigenvalue weighted by Gasteiger charge is 2.33. The molecule has 0 aromatic heterocycles. The number of hydrogen-bond acceptors (Lipinski definition) is 6. The fourth-order valence-corrected chi connectivity index (χ4v) is 5.67. The number of amides is 1. The molecule has 1 aromatic rings. The molecule has 0 radical (unpaired) electrons. The van der Waals surface area contributed by atoms with Crippen molar-refractivity contribution in [3.8, 4) is 11.5 Å². The third kappa shape index (κ3) is 5.70. The third-order valence-electron chi connectivity index (χ3n) is 6.19. The Balaban J connectivity index is 1.56. The Morgan fingerprint density at radius 1 is 1.16 bits per heavy atom. The van der Waals surface area contributed by atoms with E-state index in [0.717, 1.165) is 19.5 Å². The molecule has 0 bridgehead atoms. The van der Waals surface area contributed by atoms with Crippen LogP contribution in [0.1, 0.15) is 40.0 Å². The Hall–Kier alpha value is -1.84. The lowest BCUT2D eigenvalue weighted by molar-refractivity contribution is -0.126. The molecule has 0 aliphatic carbocycles. The highest BCUT2D eigenvalue weighted by atomic mass is 32.2. The molecule has 8 nitrogen and oxygen atoms in total. The highest BCUT2D eigenvalue weighted by molar-refractivity contribution is 7.89. The molecule has 0 saturated carbocycles. The summed E-state index contributed by atoms with van der Waals surface area (Å²) in [5.41, 5.74) is 0. The Kier molecular flexibility index (Phi) is 8.18. The molecular formula is C22H35N3O5S. The van der Waals surface area contributed by atoms with E-state index in [-0.39, 0.29) is 22.8 Å². The van der Waals surface area contributed by atoms with E-state index in [1.807, 2.05) is 0 Å². The topological polar surface area (TPSA) is 88.2 Å². The van der Waals surface area contributed by atoms with Crippen LogP contribution in [0.15, 0.2) is 23.1 Å². The number of hydrogen-bond donors (Lipinski definition) is 1. The highest BCUT2D eigenvalue weighted by Crippen LogP contribution is 2.33. The molecule has 2 aliphatic heterocycles. The molecular weight excluding hydrogens is 418 g/mol. The van der Waals surface area contributed by atoms with Gasteiger partial charge in [0.05, 0.1) is 18.1 Å². The maximum Gasteiger partial charge on any atom is 0.243 e. The molecule has 1 unspecified atom stereocenters. The zero-order valence-electron chi connectivity index (χ0n) is 18.8. The fourth-order valence-electron chi connectivity index (χ4n) is 4.18. The molecule has 1 amide bonds. The summed E-state index contributed by atoms with van der Waals surface area (Å²) in [6, 6.07) is 5.04. The minimum absolute atomic E-state index is 0.0200. The van der Waals surface area contributed by atoms with Gasteiger partial charge in [0.15, 0.2) is 11.5 Å². The van der Waals surface area contributed by atoms with Crippen LogP contribution in [0.5, 0.6) is 11.5 Å². The molecule has 2 heterocycles. The van der Waals surface area contributed by atoms with Crippen LogP contribution in [0.3, 0.4) is 0 Å². The minimum atomic E-state index is -3.64. The van der Waals surface area contributed by atoms with Crippen molar-refractivity contribution in [3.63, 3.8) is 0 Å². The van der Waals surface area contributed by atoms with Gasteiger partial charge in [0.1, 0.15) is 0 Å². The molecule has 1 aromatic carbocycles. The second kappa shape index (κ2) is 10.7. The van der Waals surface area contributed by atoms with E-state index in [0.29, 0.717) is 57.2 Å². The van der Waals surface area contributed by atoms with Crippen LogP contribution in [-0.2, 0) is 14.8 Å². The second-order valence-electron chi connectivity index (χ2n) is 8.15. The van der Waals surface area contributed by atoms with Crippen molar-refractivity contribution in [3.05, 3.63) is 18.2 Å². The number of benzene rings is 1. The summed E-state index contributed by atoms with van der Waals surface area (Å²) in [5, 5.41) is 3.05. The number of carbonyl (C=O) groups excluding carboxylic acids is 1. The first-order valence-electron chi connectivity index (χ1n) is 11.3. The maximum atomic E-state index is 13.1. The number of fused-ring (bicyclic) bond motifs is 1. The quantitative estimate of drug-likeness (QED) is 0.649. The summed E-state index contributed by atoms with van der Waals surface area (Å²) in [7, 11) is -3.64. The average Bonchev–Trinajstić information content (AvgIpc) is 3.03. The number of rotatable bonds is 8. The minimum Gasteiger partial charge on any atom is -0.490 e. The van der Waals surface area contributed by atoms with Crippen LogP contribution in [0.25, 0.3) is 0 Å². The predicted molar refractivity (Wildman–Crippen MR) is 119 cm³/mol. The molecule has 9 heteroatoms. The first-order valence-corrected chi connectivity index (χ1v) is 12.7. The van der Waals surface area contributed by atoms with Gasteiger partial charge in [0, 0.05) is 44.1 Å². The zero-order chi connectivity index (χ0) is 22.4. The van der Waals surface area contributed by atoms with Crippen molar-refractivity contribution >= 4 is 15.9 Å². The molecule has 3 rings (SSSR count). The number of nitrogens with zero attached hydrogens (tertiary/aromatic N) is 2. The van der Waals surface area contributed by atoms with Crippen molar-refractivity contribution in [2.24, 2.45) is 5.92 Å². The van der Waals surface area contributed by atoms with E-state index in [2.05, 4.69) is 31.0 Å². The number of nitrogens with one attached hydrogen (secondary N) is 1. The van der Waals surface area contributed by atoms with Gasteiger partial charge in [-0.15, -0.1) is 0 Å². The Morgan fingerprint density at radius 3 is 2.45 bits per heavy atom. The van der Waals surface area contributed by atoms with Gasteiger partial charge in [-0.05, 0) is 45.0 Å². The van der Waals surface area contributed by atoms with Crippen molar-refractivity contribution in [1.82, 2.24) is 14.5 Å². The summed E-state index contributed by atoms with van der Waals surface area (Å²) in [6.07, 6.45) is 1.81. The van der Waals surface area contributed by atoms with E-state index in [9.17, 15) is 13.2 Å². The van der Waals surface area contributed by atoms with Crippen molar-refractivity contribution in [2.75, 3.05) is 45.9 Å². The summed E-state index contributed by atoms with van der Waals surface area (Å²) >= 11 is 0. The molecule has 31 heavy (non-hydrogen) atoms. The summed E-state index contributed by atoms with van der Waals surface area (Å²) in [6.45, 7) is 10.6. The second-order valence-corrected chi connectivity index (χ2v) is 10.1. The Morgan fingerprint density at radius 2 is 1.81 bits per heavy atom. The van der Waals surface area contributed by atoms with Crippen LogP contribution in [-0.4, -0.2) is 75.5 Å². The summed E-state index contributed by atoms with van der Waals surface area (Å²) < 4.78 is 38.9. The average molecular weight is 454 g/mol. The van der Waals surface area contributed by atoms with Gasteiger partial charge in [0.2, 0.25) is 15.9 Å². The Labute approximate surface area is 185 Å². The number of carbonyl (C=O) groups is 1. The molecule has 1 atom stereocenters. The van der Waals surface area contributed by atoms with Gasteiger partial charge in [-0.2, -0.15) is 4.31 Å². The van der Waals surface area contributed by atoms with Crippen molar-refractivity contribution < 1.29 is 22.7 Å². The van der Waals surface area contributed by atoms with Crippen LogP contribution in [0.2, 0.25) is 0 Å². The zero-order valence-corrected chi connectivity index (χ0v) is 19.6. The summed E-state index contributed by atoms with van der Waals surface area (Å²) in [4.78, 5) is 15.1. The van der Waals surface area contributed by atoms with Crippen LogP contribution < -0.4 is 14.8 Å². The number of sulfonamides is 1. The van der Waals surface area contributed by atoms with Gasteiger partial charge in [-0.3, -0.25) is 9.69 Å². The third-order valence-corrected chi connectivity index (χ3v) is 8.08. The normalized spacial score (nSPS) is 19.1. The molecule has 1 fully saturated rings. The first kappa shape index (κ1) is 23.8. The van der Waals surface area contributed by atoms with Gasteiger partial charge >= 0.3 is 0 Å². The standard InChI is InChI=1S/C22H35N3O5S/c1-4-24(5-2)17(3)16-23-22(26)18-9-11-25(12-10-18)31(27,28)19-7-8-20-21(15-19)30-14-6-13-29-20/h7-8,15,17-18H,4-6,9-14,16H2,1-3H3,(H,23,26). The SMILES string of the molecule is CCN(CC)C(C)CNC(=O)C1CCN(S(=O)(=O)c2ccc3c(c2)OCCCO3)CC1. The number of likely N-dealkylation sites (N-methyl/N-ethyl adjacent to an activating group) is 1. The molecule has 1 saturated heterocycles. The monoisotopic (exact) mass is 453 g/mol. The Bertz CT molecular complexity index is 849. The van der Waals surface area contributed by atoms with E-state index in [1.54, 1.807) is 18.2 Å². The molecule has 174 valence electrons.